The molecule has 3 N–H and O–H groups in total. The molecule has 174 valence electrons. The van der Waals surface area contributed by atoms with E-state index in [4.69, 9.17) is 10.00 Å². The molecule has 0 saturated carbocycles. The second-order valence-corrected chi connectivity index (χ2v) is 9.22. The standard InChI is InChI=1S/C26H31N3O4/c1-16(30)29-22(11-17-6-5-7-18(10-17)14-27)24(31)15-28-23-13-26(2,3)25(32)20-9-8-19(33-4)12-21(20)23/h5-10,12,22-24,28,31H,11,13,15H2,1-4H3,(H,29,30)/t22-,23+,24-/m0/s1. The number of rotatable bonds is 8. The van der Waals surface area contributed by atoms with Crippen LogP contribution in [0.3, 0.4) is 0 Å². The minimum atomic E-state index is -0.880. The molecule has 0 aliphatic heterocycles. The second kappa shape index (κ2) is 10.2. The Bertz CT molecular complexity index is 1070. The summed E-state index contributed by atoms with van der Waals surface area (Å²) in [4.78, 5) is 24.7. The summed E-state index contributed by atoms with van der Waals surface area (Å²) in [6.45, 7) is 5.48. The number of aliphatic hydroxyl groups is 1. The summed E-state index contributed by atoms with van der Waals surface area (Å²) in [5.74, 6) is 0.518. The fourth-order valence-electron chi connectivity index (χ4n) is 4.39. The molecular formula is C26H31N3O4. The van der Waals surface area contributed by atoms with Gasteiger partial charge in [0.25, 0.3) is 0 Å². The number of fused-ring (bicyclic) bond motifs is 1. The van der Waals surface area contributed by atoms with E-state index in [-0.39, 0.29) is 24.3 Å². The Hall–Kier alpha value is -3.21. The van der Waals surface area contributed by atoms with Gasteiger partial charge in [-0.15, -0.1) is 0 Å². The molecule has 7 nitrogen and oxygen atoms in total. The van der Waals surface area contributed by atoms with Gasteiger partial charge in [-0.2, -0.15) is 5.26 Å². The first-order chi connectivity index (χ1) is 15.6. The zero-order valence-electron chi connectivity index (χ0n) is 19.5. The van der Waals surface area contributed by atoms with Crippen LogP contribution in [0, 0.1) is 16.7 Å². The number of carbonyl (C=O) groups excluding carboxylic acids is 2. The molecule has 0 unspecified atom stereocenters. The maximum Gasteiger partial charge on any atom is 0.217 e. The minimum Gasteiger partial charge on any atom is -0.497 e. The molecule has 0 bridgehead atoms. The Kier molecular flexibility index (Phi) is 7.52. The third kappa shape index (κ3) is 5.78. The number of nitrogens with one attached hydrogen (secondary N) is 2. The summed E-state index contributed by atoms with van der Waals surface area (Å²) >= 11 is 0. The minimum absolute atomic E-state index is 0.0900. The molecule has 7 heteroatoms. The van der Waals surface area contributed by atoms with Crippen LogP contribution in [0.4, 0.5) is 0 Å². The number of hydrogen-bond donors (Lipinski definition) is 3. The maximum atomic E-state index is 12.9. The summed E-state index contributed by atoms with van der Waals surface area (Å²) in [5.41, 5.74) is 2.35. The Morgan fingerprint density at radius 3 is 2.73 bits per heavy atom. The molecule has 1 amide bonds. The Balaban J connectivity index is 1.78. The summed E-state index contributed by atoms with van der Waals surface area (Å²) in [6, 6.07) is 14.0. The van der Waals surface area contributed by atoms with E-state index in [0.717, 1.165) is 11.1 Å². The molecule has 0 spiro atoms. The Morgan fingerprint density at radius 2 is 2.06 bits per heavy atom. The molecule has 0 fully saturated rings. The van der Waals surface area contributed by atoms with E-state index in [1.807, 2.05) is 26.0 Å². The summed E-state index contributed by atoms with van der Waals surface area (Å²) in [5, 5.41) is 26.4. The molecule has 1 aliphatic rings. The molecular weight excluding hydrogens is 418 g/mol. The van der Waals surface area contributed by atoms with Crippen molar-refractivity contribution in [3.63, 3.8) is 0 Å². The van der Waals surface area contributed by atoms with E-state index in [9.17, 15) is 14.7 Å². The predicted octanol–water partition coefficient (Wildman–Crippen LogP) is 2.92. The van der Waals surface area contributed by atoms with Gasteiger partial charge in [0.1, 0.15) is 5.75 Å². The highest BCUT2D eigenvalue weighted by atomic mass is 16.5. The van der Waals surface area contributed by atoms with E-state index >= 15 is 0 Å². The number of ether oxygens (including phenoxy) is 1. The number of ketones is 1. The van der Waals surface area contributed by atoms with E-state index in [1.165, 1.54) is 6.92 Å². The van der Waals surface area contributed by atoms with Crippen molar-refractivity contribution in [2.75, 3.05) is 13.7 Å². The summed E-state index contributed by atoms with van der Waals surface area (Å²) in [7, 11) is 1.59. The van der Waals surface area contributed by atoms with E-state index in [0.29, 0.717) is 29.7 Å². The van der Waals surface area contributed by atoms with Crippen molar-refractivity contribution in [3.05, 3.63) is 64.7 Å². The van der Waals surface area contributed by atoms with Crippen LogP contribution in [-0.4, -0.2) is 42.6 Å². The van der Waals surface area contributed by atoms with Crippen molar-refractivity contribution in [2.24, 2.45) is 5.41 Å². The first kappa shape index (κ1) is 24.4. The third-order valence-corrected chi connectivity index (χ3v) is 6.15. The molecule has 33 heavy (non-hydrogen) atoms. The average molecular weight is 450 g/mol. The van der Waals surface area contributed by atoms with Crippen LogP contribution in [0.5, 0.6) is 5.75 Å². The lowest BCUT2D eigenvalue weighted by Gasteiger charge is -2.37. The van der Waals surface area contributed by atoms with Crippen molar-refractivity contribution in [1.29, 1.82) is 5.26 Å². The highest BCUT2D eigenvalue weighted by Crippen LogP contribution is 2.41. The van der Waals surface area contributed by atoms with Gasteiger partial charge in [0.2, 0.25) is 5.91 Å². The first-order valence-electron chi connectivity index (χ1n) is 11.0. The first-order valence-corrected chi connectivity index (χ1v) is 11.0. The van der Waals surface area contributed by atoms with Crippen LogP contribution < -0.4 is 15.4 Å². The summed E-state index contributed by atoms with van der Waals surface area (Å²) < 4.78 is 5.35. The monoisotopic (exact) mass is 449 g/mol. The van der Waals surface area contributed by atoms with Crippen LogP contribution in [-0.2, 0) is 11.2 Å². The van der Waals surface area contributed by atoms with E-state index in [1.54, 1.807) is 37.4 Å². The number of benzene rings is 2. The lowest BCUT2D eigenvalue weighted by Crippen LogP contribution is -2.49. The molecule has 3 rings (SSSR count). The normalized spacial score (nSPS) is 18.5. The number of nitriles is 1. The van der Waals surface area contributed by atoms with Gasteiger partial charge in [-0.1, -0.05) is 26.0 Å². The molecule has 0 saturated heterocycles. The molecule has 1 aliphatic carbocycles. The fourth-order valence-corrected chi connectivity index (χ4v) is 4.39. The van der Waals surface area contributed by atoms with Gasteiger partial charge in [0.05, 0.1) is 30.9 Å². The van der Waals surface area contributed by atoms with Crippen molar-refractivity contribution in [2.45, 2.75) is 51.8 Å². The smallest absolute Gasteiger partial charge is 0.217 e. The number of Topliss-reactive ketones (excluding diaryl/α,β-unsaturated/α-hetero) is 1. The maximum absolute atomic E-state index is 12.9. The molecule has 2 aromatic rings. The zero-order chi connectivity index (χ0) is 24.2. The van der Waals surface area contributed by atoms with Crippen LogP contribution in [0.2, 0.25) is 0 Å². The fraction of sp³-hybridized carbons (Fsp3) is 0.423. The highest BCUT2D eigenvalue weighted by molar-refractivity contribution is 6.02. The highest BCUT2D eigenvalue weighted by Gasteiger charge is 2.39. The number of hydrogen-bond acceptors (Lipinski definition) is 6. The Morgan fingerprint density at radius 1 is 1.30 bits per heavy atom. The number of amides is 1. The van der Waals surface area contributed by atoms with E-state index in [2.05, 4.69) is 16.7 Å². The van der Waals surface area contributed by atoms with Crippen LogP contribution in [0.1, 0.15) is 60.3 Å². The number of carbonyl (C=O) groups is 2. The van der Waals surface area contributed by atoms with Crippen molar-refractivity contribution in [3.8, 4) is 11.8 Å². The second-order valence-electron chi connectivity index (χ2n) is 9.22. The zero-order valence-corrected chi connectivity index (χ0v) is 19.5. The largest absolute Gasteiger partial charge is 0.497 e. The molecule has 3 atom stereocenters. The van der Waals surface area contributed by atoms with Gasteiger partial charge in [-0.05, 0) is 54.3 Å². The number of methoxy groups -OCH3 is 1. The SMILES string of the molecule is COc1ccc2c(c1)[C@H](NC[C@H](O)[C@H](Cc1cccc(C#N)c1)NC(C)=O)CC(C)(C)C2=O. The van der Waals surface area contributed by atoms with Crippen LogP contribution in [0.25, 0.3) is 0 Å². The molecule has 0 aromatic heterocycles. The van der Waals surface area contributed by atoms with Gasteiger partial charge in [0, 0.05) is 30.5 Å². The quantitative estimate of drug-likeness (QED) is 0.571. The number of nitrogens with zero attached hydrogens (tertiary/aromatic N) is 1. The van der Waals surface area contributed by atoms with Crippen molar-refractivity contribution < 1.29 is 19.4 Å². The van der Waals surface area contributed by atoms with E-state index < -0.39 is 17.6 Å². The van der Waals surface area contributed by atoms with Gasteiger partial charge in [0.15, 0.2) is 5.78 Å². The Labute approximate surface area is 194 Å². The average Bonchev–Trinajstić information content (AvgIpc) is 2.79. The van der Waals surface area contributed by atoms with Crippen LogP contribution >= 0.6 is 0 Å². The van der Waals surface area contributed by atoms with Gasteiger partial charge < -0.3 is 20.5 Å². The predicted molar refractivity (Wildman–Crippen MR) is 125 cm³/mol. The van der Waals surface area contributed by atoms with Crippen LogP contribution in [0.15, 0.2) is 42.5 Å². The molecule has 2 aromatic carbocycles. The molecule has 0 radical (unpaired) electrons. The van der Waals surface area contributed by atoms with Gasteiger partial charge in [-0.25, -0.2) is 0 Å². The van der Waals surface area contributed by atoms with Gasteiger partial charge >= 0.3 is 0 Å². The lowest BCUT2D eigenvalue weighted by atomic mass is 9.71. The number of aliphatic hydroxyl groups excluding tert-OH is 1. The topological polar surface area (TPSA) is 111 Å². The third-order valence-electron chi connectivity index (χ3n) is 6.15. The van der Waals surface area contributed by atoms with Crippen molar-refractivity contribution in [1.82, 2.24) is 10.6 Å². The molecule has 0 heterocycles. The van der Waals surface area contributed by atoms with Crippen molar-refractivity contribution >= 4 is 11.7 Å². The van der Waals surface area contributed by atoms with Gasteiger partial charge in [-0.3, -0.25) is 9.59 Å². The lowest BCUT2D eigenvalue weighted by molar-refractivity contribution is -0.120. The summed E-state index contributed by atoms with van der Waals surface area (Å²) in [6.07, 6.45) is 0.0829.